The summed E-state index contributed by atoms with van der Waals surface area (Å²) in [6, 6.07) is 6.22. The number of benzene rings is 1. The fourth-order valence-electron chi connectivity index (χ4n) is 4.25. The molecule has 1 saturated heterocycles. The van der Waals surface area contributed by atoms with E-state index in [9.17, 15) is 9.59 Å². The summed E-state index contributed by atoms with van der Waals surface area (Å²) in [6.07, 6.45) is 5.20. The highest BCUT2D eigenvalue weighted by Crippen LogP contribution is 2.42. The molecule has 8 heteroatoms. The lowest BCUT2D eigenvalue weighted by Gasteiger charge is -2.41. The monoisotopic (exact) mass is 423 g/mol. The van der Waals surface area contributed by atoms with Gasteiger partial charge in [0.15, 0.2) is 0 Å². The van der Waals surface area contributed by atoms with Crippen LogP contribution in [0.4, 0.5) is 16.2 Å². The van der Waals surface area contributed by atoms with Crippen LogP contribution in [0.2, 0.25) is 0 Å². The lowest BCUT2D eigenvalue weighted by molar-refractivity contribution is -0.120. The number of hydrogen-bond donors (Lipinski definition) is 1. The van der Waals surface area contributed by atoms with E-state index in [1.807, 2.05) is 60.9 Å². The fourth-order valence-corrected chi connectivity index (χ4v) is 4.25. The summed E-state index contributed by atoms with van der Waals surface area (Å²) in [7, 11) is 0. The van der Waals surface area contributed by atoms with E-state index < -0.39 is 0 Å². The van der Waals surface area contributed by atoms with Gasteiger partial charge < -0.3 is 15.0 Å². The van der Waals surface area contributed by atoms with Crippen molar-refractivity contribution >= 4 is 23.4 Å². The van der Waals surface area contributed by atoms with Crippen LogP contribution in [0, 0.1) is 5.92 Å². The third kappa shape index (κ3) is 3.69. The van der Waals surface area contributed by atoms with Crippen molar-refractivity contribution in [1.82, 2.24) is 15.1 Å². The van der Waals surface area contributed by atoms with Crippen molar-refractivity contribution in [2.24, 2.45) is 5.92 Å². The van der Waals surface area contributed by atoms with Crippen LogP contribution in [-0.2, 0) is 9.53 Å². The Morgan fingerprint density at radius 3 is 2.58 bits per heavy atom. The quantitative estimate of drug-likeness (QED) is 0.817. The number of fused-ring (bicyclic) bond motifs is 1. The van der Waals surface area contributed by atoms with Gasteiger partial charge in [-0.3, -0.25) is 14.4 Å². The molecule has 164 valence electrons. The number of hydrogen-bond acceptors (Lipinski definition) is 5. The van der Waals surface area contributed by atoms with E-state index in [0.717, 1.165) is 42.7 Å². The van der Waals surface area contributed by atoms with E-state index in [0.29, 0.717) is 18.3 Å². The minimum atomic E-state index is -0.380. The molecule has 0 unspecified atom stereocenters. The number of carbonyl (C=O) groups excluding carboxylic acids is 2. The Balaban J connectivity index is 1.53. The number of ether oxygens (including phenoxy) is 1. The topological polar surface area (TPSA) is 79.7 Å². The summed E-state index contributed by atoms with van der Waals surface area (Å²) in [5.41, 5.74) is 3.45. The number of anilines is 2. The van der Waals surface area contributed by atoms with Gasteiger partial charge in [-0.1, -0.05) is 6.07 Å². The molecular formula is C23H29N5O3. The molecule has 1 saturated carbocycles. The molecule has 1 aromatic carbocycles. The number of nitrogens with zero attached hydrogens (tertiary/aromatic N) is 4. The molecule has 5 rings (SSSR count). The van der Waals surface area contributed by atoms with Crippen molar-refractivity contribution in [2.75, 3.05) is 29.4 Å². The molecule has 3 aliphatic rings. The van der Waals surface area contributed by atoms with Crippen LogP contribution in [0.3, 0.4) is 0 Å². The fraction of sp³-hybridized carbons (Fsp3) is 0.522. The van der Waals surface area contributed by atoms with E-state index in [1.165, 1.54) is 0 Å². The molecular weight excluding hydrogens is 394 g/mol. The van der Waals surface area contributed by atoms with Crippen LogP contribution in [0.1, 0.15) is 39.7 Å². The number of rotatable bonds is 4. The van der Waals surface area contributed by atoms with Gasteiger partial charge in [0.05, 0.1) is 35.8 Å². The maximum absolute atomic E-state index is 13.0. The molecule has 2 amide bonds. The van der Waals surface area contributed by atoms with Gasteiger partial charge in [-0.05, 0) is 51.3 Å². The van der Waals surface area contributed by atoms with E-state index in [-0.39, 0.29) is 30.1 Å². The Kier molecular flexibility index (Phi) is 4.97. The third-order valence-electron chi connectivity index (χ3n) is 6.20. The Bertz CT molecular complexity index is 1010. The summed E-state index contributed by atoms with van der Waals surface area (Å²) in [6.45, 7) is 7.94. The van der Waals surface area contributed by atoms with Crippen LogP contribution in [-0.4, -0.2) is 53.6 Å². The predicted molar refractivity (Wildman–Crippen MR) is 118 cm³/mol. The van der Waals surface area contributed by atoms with Crippen molar-refractivity contribution < 1.29 is 14.3 Å². The van der Waals surface area contributed by atoms with Crippen molar-refractivity contribution in [3.05, 3.63) is 30.6 Å². The van der Waals surface area contributed by atoms with Crippen LogP contribution in [0.5, 0.6) is 0 Å². The second-order valence-corrected chi connectivity index (χ2v) is 9.10. The third-order valence-corrected chi connectivity index (χ3v) is 6.20. The average Bonchev–Trinajstić information content (AvgIpc) is 3.43. The zero-order valence-electron chi connectivity index (χ0n) is 18.2. The smallest absolute Gasteiger partial charge is 0.414 e. The van der Waals surface area contributed by atoms with E-state index >= 15 is 0 Å². The molecule has 1 aromatic heterocycles. The highest BCUT2D eigenvalue weighted by atomic mass is 16.6. The van der Waals surface area contributed by atoms with Crippen LogP contribution >= 0.6 is 0 Å². The van der Waals surface area contributed by atoms with Crippen molar-refractivity contribution in [2.45, 2.75) is 51.8 Å². The van der Waals surface area contributed by atoms with Gasteiger partial charge in [0.25, 0.3) is 0 Å². The second kappa shape index (κ2) is 7.67. The van der Waals surface area contributed by atoms with Gasteiger partial charge in [0.2, 0.25) is 5.91 Å². The van der Waals surface area contributed by atoms with E-state index in [4.69, 9.17) is 4.74 Å². The zero-order chi connectivity index (χ0) is 21.7. The first-order valence-corrected chi connectivity index (χ1v) is 11.1. The van der Waals surface area contributed by atoms with Gasteiger partial charge >= 0.3 is 6.09 Å². The van der Waals surface area contributed by atoms with Gasteiger partial charge in [0, 0.05) is 37.3 Å². The summed E-state index contributed by atoms with van der Waals surface area (Å²) >= 11 is 0. The van der Waals surface area contributed by atoms with Crippen LogP contribution in [0.15, 0.2) is 30.6 Å². The summed E-state index contributed by atoms with van der Waals surface area (Å²) in [5.74, 6) is 0.266. The molecule has 1 aliphatic carbocycles. The van der Waals surface area contributed by atoms with Crippen molar-refractivity contribution in [1.29, 1.82) is 0 Å². The Labute approximate surface area is 182 Å². The molecule has 0 spiro atoms. The average molecular weight is 424 g/mol. The number of amides is 2. The van der Waals surface area contributed by atoms with Gasteiger partial charge in [-0.15, -0.1) is 0 Å². The molecule has 3 heterocycles. The van der Waals surface area contributed by atoms with Crippen LogP contribution < -0.4 is 15.1 Å². The van der Waals surface area contributed by atoms with Crippen molar-refractivity contribution in [3.8, 4) is 11.1 Å². The number of nitrogens with one attached hydrogen (secondary N) is 1. The largest absolute Gasteiger partial charge is 0.446 e. The number of aromatic nitrogens is 2. The normalized spacial score (nSPS) is 21.1. The minimum Gasteiger partial charge on any atom is -0.446 e. The first-order valence-electron chi connectivity index (χ1n) is 11.1. The molecule has 31 heavy (non-hydrogen) atoms. The summed E-state index contributed by atoms with van der Waals surface area (Å²) in [4.78, 5) is 29.5. The molecule has 0 radical (unpaired) electrons. The number of carbonyl (C=O) groups is 2. The van der Waals surface area contributed by atoms with Crippen LogP contribution in [0.25, 0.3) is 11.1 Å². The molecule has 2 fully saturated rings. The lowest BCUT2D eigenvalue weighted by atomic mass is 10.0. The standard InChI is InChI=1S/C23H29N5O3/c1-14(2)31-23(30)26-12-15(3)28(22(29)16-4-5-16)20-7-6-17(8-21(20)26)18-9-25-27(13-18)19-10-24-11-19/h6-9,13-16,19,24H,4-5,10-12H2,1-3H3/t15-/m0/s1. The molecule has 0 bridgehead atoms. The Morgan fingerprint density at radius 2 is 1.94 bits per heavy atom. The summed E-state index contributed by atoms with van der Waals surface area (Å²) in [5, 5.41) is 7.77. The van der Waals surface area contributed by atoms with E-state index in [2.05, 4.69) is 10.4 Å². The predicted octanol–water partition coefficient (Wildman–Crippen LogP) is 3.19. The SMILES string of the molecule is CC(C)OC(=O)N1C[C@H](C)N(C(=O)C2CC2)c2ccc(-c3cnn(C4CNC4)c3)cc21. The maximum Gasteiger partial charge on any atom is 0.414 e. The van der Waals surface area contributed by atoms with Gasteiger partial charge in [-0.2, -0.15) is 5.10 Å². The summed E-state index contributed by atoms with van der Waals surface area (Å²) < 4.78 is 7.50. The molecule has 1 atom stereocenters. The first-order chi connectivity index (χ1) is 14.9. The second-order valence-electron chi connectivity index (χ2n) is 9.10. The Hall–Kier alpha value is -2.87. The zero-order valence-corrected chi connectivity index (χ0v) is 18.2. The maximum atomic E-state index is 13.0. The first kappa shape index (κ1) is 20.1. The van der Waals surface area contributed by atoms with Gasteiger partial charge in [0.1, 0.15) is 0 Å². The molecule has 2 aliphatic heterocycles. The molecule has 8 nitrogen and oxygen atoms in total. The van der Waals surface area contributed by atoms with Gasteiger partial charge in [-0.25, -0.2) is 4.79 Å². The Morgan fingerprint density at radius 1 is 1.16 bits per heavy atom. The molecule has 2 aromatic rings. The minimum absolute atomic E-state index is 0.110. The lowest BCUT2D eigenvalue weighted by Crippen LogP contribution is -2.52. The van der Waals surface area contributed by atoms with E-state index in [1.54, 1.807) is 4.90 Å². The van der Waals surface area contributed by atoms with Crippen molar-refractivity contribution in [3.63, 3.8) is 0 Å². The highest BCUT2D eigenvalue weighted by Gasteiger charge is 2.41. The molecule has 1 N–H and O–H groups in total. The highest BCUT2D eigenvalue weighted by molar-refractivity contribution is 6.05.